The summed E-state index contributed by atoms with van der Waals surface area (Å²) in [5, 5.41) is 3.53. The molecule has 3 aromatic heterocycles. The molecule has 0 fully saturated rings. The fraction of sp³-hybridized carbons (Fsp3) is 0.353. The molecule has 0 bridgehead atoms. The molecule has 3 aromatic rings. The van der Waals surface area contributed by atoms with Gasteiger partial charge in [-0.25, -0.2) is 4.98 Å². The minimum Gasteiger partial charge on any atom is -0.467 e. The average Bonchev–Trinajstić information content (AvgIpc) is 3.25. The molecule has 7 heteroatoms. The van der Waals surface area contributed by atoms with Crippen molar-refractivity contribution in [3.8, 4) is 0 Å². The van der Waals surface area contributed by atoms with E-state index in [-0.39, 0.29) is 24.1 Å². The summed E-state index contributed by atoms with van der Waals surface area (Å²) in [6.45, 7) is 1.80. The Morgan fingerprint density at radius 3 is 3.17 bits per heavy atom. The molecule has 0 aromatic carbocycles. The summed E-state index contributed by atoms with van der Waals surface area (Å²) in [7, 11) is 0. The average molecular weight is 343 g/mol. The number of rotatable bonds is 4. The van der Waals surface area contributed by atoms with Crippen molar-refractivity contribution in [2.75, 3.05) is 0 Å². The number of thiophene rings is 1. The van der Waals surface area contributed by atoms with Gasteiger partial charge in [-0.2, -0.15) is 0 Å². The fourth-order valence-corrected chi connectivity index (χ4v) is 4.40. The Morgan fingerprint density at radius 2 is 2.38 bits per heavy atom. The molecule has 3 heterocycles. The molecule has 24 heavy (non-hydrogen) atoms. The molecule has 6 nitrogen and oxygen atoms in total. The van der Waals surface area contributed by atoms with Gasteiger partial charge >= 0.3 is 0 Å². The molecule has 1 aliphatic carbocycles. The van der Waals surface area contributed by atoms with Crippen molar-refractivity contribution in [1.82, 2.24) is 14.9 Å². The first-order valence-corrected chi connectivity index (χ1v) is 8.77. The Balaban J connectivity index is 1.57. The highest BCUT2D eigenvalue weighted by atomic mass is 32.1. The first-order chi connectivity index (χ1) is 11.6. The summed E-state index contributed by atoms with van der Waals surface area (Å²) < 4.78 is 6.66. The van der Waals surface area contributed by atoms with Crippen LogP contribution < -0.4 is 10.9 Å². The first kappa shape index (κ1) is 15.1. The SMILES string of the molecule is C[C@H](NC(=O)Cn1cnc2sc3c(c2c1=O)CCC3)c1ccco1. The number of furan rings is 1. The third-order valence-corrected chi connectivity index (χ3v) is 5.55. The van der Waals surface area contributed by atoms with Gasteiger partial charge in [0.2, 0.25) is 5.91 Å². The zero-order valence-corrected chi connectivity index (χ0v) is 14.1. The van der Waals surface area contributed by atoms with E-state index in [9.17, 15) is 9.59 Å². The van der Waals surface area contributed by atoms with Crippen molar-refractivity contribution in [3.05, 3.63) is 51.3 Å². The second kappa shape index (κ2) is 5.90. The van der Waals surface area contributed by atoms with Crippen LogP contribution in [0.5, 0.6) is 0 Å². The van der Waals surface area contributed by atoms with Crippen LogP contribution in [0.25, 0.3) is 10.2 Å². The van der Waals surface area contributed by atoms with Gasteiger partial charge < -0.3 is 9.73 Å². The molecule has 1 N–H and O–H groups in total. The van der Waals surface area contributed by atoms with E-state index in [2.05, 4.69) is 10.3 Å². The molecule has 0 spiro atoms. The van der Waals surface area contributed by atoms with Gasteiger partial charge in [0.1, 0.15) is 17.1 Å². The number of amides is 1. The van der Waals surface area contributed by atoms with Gasteiger partial charge in [-0.15, -0.1) is 11.3 Å². The molecule has 0 aliphatic heterocycles. The highest BCUT2D eigenvalue weighted by Crippen LogP contribution is 2.34. The van der Waals surface area contributed by atoms with Gasteiger partial charge in [0.25, 0.3) is 5.56 Å². The van der Waals surface area contributed by atoms with Crippen molar-refractivity contribution in [2.45, 2.75) is 38.8 Å². The Bertz CT molecular complexity index is 956. The van der Waals surface area contributed by atoms with Gasteiger partial charge in [-0.05, 0) is 43.9 Å². The number of carbonyl (C=O) groups excluding carboxylic acids is 1. The molecule has 1 aliphatic rings. The van der Waals surface area contributed by atoms with Crippen LogP contribution in [0.15, 0.2) is 33.9 Å². The van der Waals surface area contributed by atoms with E-state index in [0.29, 0.717) is 11.1 Å². The number of aryl methyl sites for hydroxylation is 2. The number of fused-ring (bicyclic) bond motifs is 3. The maximum absolute atomic E-state index is 12.7. The van der Waals surface area contributed by atoms with Crippen molar-refractivity contribution < 1.29 is 9.21 Å². The summed E-state index contributed by atoms with van der Waals surface area (Å²) in [5.41, 5.74) is 1.01. The van der Waals surface area contributed by atoms with Gasteiger partial charge in [0, 0.05) is 4.88 Å². The smallest absolute Gasteiger partial charge is 0.262 e. The zero-order valence-electron chi connectivity index (χ0n) is 13.2. The third kappa shape index (κ3) is 2.54. The van der Waals surface area contributed by atoms with Crippen LogP contribution in [0.1, 0.15) is 35.6 Å². The van der Waals surface area contributed by atoms with E-state index in [1.165, 1.54) is 15.8 Å². The number of nitrogens with zero attached hydrogens (tertiary/aromatic N) is 2. The topological polar surface area (TPSA) is 77.1 Å². The fourth-order valence-electron chi connectivity index (χ4n) is 3.18. The zero-order chi connectivity index (χ0) is 16.7. The van der Waals surface area contributed by atoms with Crippen LogP contribution in [0.2, 0.25) is 0 Å². The lowest BCUT2D eigenvalue weighted by Crippen LogP contribution is -2.33. The van der Waals surface area contributed by atoms with Gasteiger partial charge in [0.15, 0.2) is 0 Å². The molecular formula is C17H17N3O3S. The second-order valence-corrected chi connectivity index (χ2v) is 7.10. The Labute approximate surface area is 142 Å². The Morgan fingerprint density at radius 1 is 1.50 bits per heavy atom. The number of aromatic nitrogens is 2. The van der Waals surface area contributed by atoms with Crippen LogP contribution in [0, 0.1) is 0 Å². The molecule has 1 amide bonds. The van der Waals surface area contributed by atoms with Crippen molar-refractivity contribution in [3.63, 3.8) is 0 Å². The number of carbonyl (C=O) groups is 1. The lowest BCUT2D eigenvalue weighted by atomic mass is 10.2. The van der Waals surface area contributed by atoms with Gasteiger partial charge in [0.05, 0.1) is 24.0 Å². The van der Waals surface area contributed by atoms with Crippen LogP contribution in [-0.2, 0) is 24.2 Å². The van der Waals surface area contributed by atoms with E-state index in [4.69, 9.17) is 4.42 Å². The molecule has 0 radical (unpaired) electrons. The van der Waals surface area contributed by atoms with E-state index in [0.717, 1.165) is 29.7 Å². The summed E-state index contributed by atoms with van der Waals surface area (Å²) in [5.74, 6) is 0.439. The normalized spacial score (nSPS) is 14.7. The monoisotopic (exact) mass is 343 g/mol. The highest BCUT2D eigenvalue weighted by molar-refractivity contribution is 7.18. The summed E-state index contributed by atoms with van der Waals surface area (Å²) in [6, 6.07) is 3.34. The van der Waals surface area contributed by atoms with Crippen LogP contribution >= 0.6 is 11.3 Å². The summed E-state index contributed by atoms with van der Waals surface area (Å²) in [4.78, 5) is 31.4. The minimum atomic E-state index is -0.245. The molecule has 0 saturated carbocycles. The number of nitrogens with one attached hydrogen (secondary N) is 1. The quantitative estimate of drug-likeness (QED) is 0.789. The van der Waals surface area contributed by atoms with E-state index < -0.39 is 0 Å². The van der Waals surface area contributed by atoms with Crippen molar-refractivity contribution in [1.29, 1.82) is 0 Å². The molecule has 0 unspecified atom stereocenters. The predicted molar refractivity (Wildman–Crippen MR) is 91.2 cm³/mol. The standard InChI is InChI=1S/C17H17N3O3S/c1-10(12-5-3-7-23-12)19-14(21)8-20-9-18-16-15(17(20)22)11-4-2-6-13(11)24-16/h3,5,7,9-10H,2,4,6,8H2,1H3,(H,19,21)/t10-/m0/s1. The maximum atomic E-state index is 12.7. The van der Waals surface area contributed by atoms with E-state index in [1.807, 2.05) is 6.92 Å². The van der Waals surface area contributed by atoms with E-state index >= 15 is 0 Å². The predicted octanol–water partition coefficient (Wildman–Crippen LogP) is 2.42. The Kier molecular flexibility index (Phi) is 3.72. The van der Waals surface area contributed by atoms with Crippen LogP contribution in [0.3, 0.4) is 0 Å². The lowest BCUT2D eigenvalue weighted by molar-refractivity contribution is -0.122. The highest BCUT2D eigenvalue weighted by Gasteiger charge is 2.22. The third-order valence-electron chi connectivity index (χ3n) is 4.35. The molecule has 1 atom stereocenters. The number of hydrogen-bond acceptors (Lipinski definition) is 5. The maximum Gasteiger partial charge on any atom is 0.262 e. The summed E-state index contributed by atoms with van der Waals surface area (Å²) in [6.07, 6.45) is 6.08. The first-order valence-electron chi connectivity index (χ1n) is 7.96. The van der Waals surface area contributed by atoms with Crippen LogP contribution in [-0.4, -0.2) is 15.5 Å². The lowest BCUT2D eigenvalue weighted by Gasteiger charge is -2.12. The van der Waals surface area contributed by atoms with Gasteiger partial charge in [-0.3, -0.25) is 14.2 Å². The summed E-state index contributed by atoms with van der Waals surface area (Å²) >= 11 is 1.60. The van der Waals surface area contributed by atoms with Crippen molar-refractivity contribution >= 4 is 27.5 Å². The number of hydrogen-bond donors (Lipinski definition) is 1. The van der Waals surface area contributed by atoms with Crippen LogP contribution in [0.4, 0.5) is 0 Å². The molecule has 4 rings (SSSR count). The van der Waals surface area contributed by atoms with E-state index in [1.54, 1.807) is 29.7 Å². The molecule has 124 valence electrons. The molecular weight excluding hydrogens is 326 g/mol. The Hall–Kier alpha value is -2.41. The largest absolute Gasteiger partial charge is 0.467 e. The minimum absolute atomic E-state index is 0.0442. The van der Waals surface area contributed by atoms with Gasteiger partial charge in [-0.1, -0.05) is 0 Å². The molecule has 0 saturated heterocycles. The second-order valence-electron chi connectivity index (χ2n) is 6.02. The van der Waals surface area contributed by atoms with Crippen molar-refractivity contribution in [2.24, 2.45) is 0 Å².